The monoisotopic (exact) mass is 484 g/mol. The average Bonchev–Trinajstić information content (AvgIpc) is 3.53. The Balaban J connectivity index is 1.48. The molecular formula is C25H22F2N2O6. The maximum atomic E-state index is 13.0. The van der Waals surface area contributed by atoms with Crippen molar-refractivity contribution >= 4 is 17.6 Å². The van der Waals surface area contributed by atoms with Crippen LogP contribution in [0.2, 0.25) is 0 Å². The van der Waals surface area contributed by atoms with E-state index in [2.05, 4.69) is 9.84 Å². The van der Waals surface area contributed by atoms with Crippen LogP contribution in [0.4, 0.5) is 8.78 Å². The Hall–Kier alpha value is -4.21. The molecule has 1 aliphatic rings. The first-order valence-corrected chi connectivity index (χ1v) is 10.7. The zero-order valence-electron chi connectivity index (χ0n) is 18.9. The summed E-state index contributed by atoms with van der Waals surface area (Å²) in [5.74, 6) is -1.14. The zero-order valence-corrected chi connectivity index (χ0v) is 18.9. The third kappa shape index (κ3) is 5.48. The van der Waals surface area contributed by atoms with E-state index in [0.717, 1.165) is 17.2 Å². The van der Waals surface area contributed by atoms with Crippen LogP contribution in [-0.4, -0.2) is 42.9 Å². The Morgan fingerprint density at radius 1 is 1.14 bits per heavy atom. The second-order valence-electron chi connectivity index (χ2n) is 7.71. The van der Waals surface area contributed by atoms with Crippen molar-refractivity contribution in [2.75, 3.05) is 13.7 Å². The molecule has 2 aromatic carbocycles. The molecule has 182 valence electrons. The van der Waals surface area contributed by atoms with Gasteiger partial charge in [0.2, 0.25) is 0 Å². The van der Waals surface area contributed by atoms with Gasteiger partial charge in [-0.3, -0.25) is 4.79 Å². The molecule has 4 rings (SSSR count). The molecule has 35 heavy (non-hydrogen) atoms. The van der Waals surface area contributed by atoms with Crippen LogP contribution in [0.1, 0.15) is 39.7 Å². The molecule has 1 aliphatic heterocycles. The molecular weight excluding hydrogens is 462 g/mol. The number of carbonyl (C=O) groups is 2. The number of esters is 1. The Bertz CT molecular complexity index is 1230. The molecule has 0 N–H and O–H groups in total. The van der Waals surface area contributed by atoms with Crippen LogP contribution in [-0.2, 0) is 9.53 Å². The first-order chi connectivity index (χ1) is 16.9. The fourth-order valence-corrected chi connectivity index (χ4v) is 3.63. The summed E-state index contributed by atoms with van der Waals surface area (Å²) in [7, 11) is 1.25. The molecule has 0 fully saturated rings. The fourth-order valence-electron chi connectivity index (χ4n) is 3.63. The number of rotatable bonds is 8. The lowest BCUT2D eigenvalue weighted by atomic mass is 10.0. The van der Waals surface area contributed by atoms with Gasteiger partial charge in [-0.15, -0.1) is 0 Å². The summed E-state index contributed by atoms with van der Waals surface area (Å²) in [6.45, 7) is -1.66. The van der Waals surface area contributed by atoms with Gasteiger partial charge in [-0.2, -0.15) is 13.9 Å². The summed E-state index contributed by atoms with van der Waals surface area (Å²) >= 11 is 0. The summed E-state index contributed by atoms with van der Waals surface area (Å²) in [6, 6.07) is 14.3. The first kappa shape index (κ1) is 23.9. The Morgan fingerprint density at radius 3 is 2.57 bits per heavy atom. The van der Waals surface area contributed by atoms with Gasteiger partial charge in [-0.25, -0.2) is 9.80 Å². The number of alkyl halides is 2. The maximum Gasteiger partial charge on any atom is 0.387 e. The normalized spacial score (nSPS) is 15.2. The maximum absolute atomic E-state index is 13.0. The van der Waals surface area contributed by atoms with E-state index < -0.39 is 31.1 Å². The van der Waals surface area contributed by atoms with Gasteiger partial charge in [0.25, 0.3) is 5.91 Å². The molecule has 0 unspecified atom stereocenters. The third-order valence-electron chi connectivity index (χ3n) is 5.36. The molecule has 10 heteroatoms. The van der Waals surface area contributed by atoms with Crippen LogP contribution >= 0.6 is 0 Å². The third-order valence-corrected chi connectivity index (χ3v) is 5.36. The number of hydrogen-bond donors (Lipinski definition) is 0. The number of hydrazone groups is 1. The van der Waals surface area contributed by atoms with Gasteiger partial charge in [0.15, 0.2) is 18.1 Å². The Kier molecular flexibility index (Phi) is 7.09. The molecule has 0 saturated carbocycles. The number of amides is 1. The van der Waals surface area contributed by atoms with Crippen molar-refractivity contribution in [2.24, 2.45) is 5.10 Å². The zero-order chi connectivity index (χ0) is 24.9. The molecule has 0 bridgehead atoms. The number of carbonyl (C=O) groups excluding carboxylic acids is 2. The molecule has 1 aromatic heterocycles. The van der Waals surface area contributed by atoms with Crippen molar-refractivity contribution in [2.45, 2.75) is 26.0 Å². The molecule has 0 aliphatic carbocycles. The molecule has 1 amide bonds. The van der Waals surface area contributed by atoms with E-state index in [0.29, 0.717) is 17.9 Å². The van der Waals surface area contributed by atoms with Crippen LogP contribution in [0.5, 0.6) is 11.5 Å². The van der Waals surface area contributed by atoms with Crippen molar-refractivity contribution in [3.8, 4) is 11.5 Å². The molecule has 8 nitrogen and oxygen atoms in total. The van der Waals surface area contributed by atoms with Gasteiger partial charge in [0, 0.05) is 6.42 Å². The first-order valence-electron chi connectivity index (χ1n) is 10.7. The summed E-state index contributed by atoms with van der Waals surface area (Å²) in [5, 5.41) is 5.74. The van der Waals surface area contributed by atoms with Crippen LogP contribution in [0.3, 0.4) is 0 Å². The SMILES string of the molecule is COc1cc(C(=O)OCC(=O)N2N=C(c3ccc(C)cc3)C[C@H]2c2ccco2)ccc1OC(F)F. The van der Waals surface area contributed by atoms with Crippen LogP contribution in [0.25, 0.3) is 0 Å². The van der Waals surface area contributed by atoms with E-state index in [1.54, 1.807) is 12.1 Å². The number of ether oxygens (including phenoxy) is 3. The highest BCUT2D eigenvalue weighted by Crippen LogP contribution is 2.33. The Morgan fingerprint density at radius 2 is 1.91 bits per heavy atom. The van der Waals surface area contributed by atoms with Gasteiger partial charge in [0.05, 0.1) is 24.6 Å². The lowest BCUT2D eigenvalue weighted by Crippen LogP contribution is -2.31. The largest absolute Gasteiger partial charge is 0.493 e. The lowest BCUT2D eigenvalue weighted by Gasteiger charge is -2.19. The molecule has 0 radical (unpaired) electrons. The molecule has 0 spiro atoms. The van der Waals surface area contributed by atoms with Crippen LogP contribution in [0, 0.1) is 6.92 Å². The van der Waals surface area contributed by atoms with E-state index in [9.17, 15) is 18.4 Å². The predicted molar refractivity (Wildman–Crippen MR) is 121 cm³/mol. The minimum Gasteiger partial charge on any atom is -0.493 e. The number of halogens is 2. The topological polar surface area (TPSA) is 90.6 Å². The van der Waals surface area contributed by atoms with Crippen LogP contribution in [0.15, 0.2) is 70.4 Å². The molecule has 1 atom stereocenters. The van der Waals surface area contributed by atoms with E-state index in [4.69, 9.17) is 13.9 Å². The fraction of sp³-hybridized carbons (Fsp3) is 0.240. The summed E-state index contributed by atoms with van der Waals surface area (Å²) in [5.41, 5.74) is 2.67. The Labute approximate surface area is 199 Å². The highest BCUT2D eigenvalue weighted by Gasteiger charge is 2.35. The highest BCUT2D eigenvalue weighted by molar-refractivity contribution is 6.03. The second kappa shape index (κ2) is 10.4. The predicted octanol–water partition coefficient (Wildman–Crippen LogP) is 4.73. The summed E-state index contributed by atoms with van der Waals surface area (Å²) in [6.07, 6.45) is 1.94. The van der Waals surface area contributed by atoms with Gasteiger partial charge in [-0.05, 0) is 42.8 Å². The molecule has 0 saturated heterocycles. The minimum atomic E-state index is -3.05. The van der Waals surface area contributed by atoms with E-state index in [-0.39, 0.29) is 17.1 Å². The lowest BCUT2D eigenvalue weighted by molar-refractivity contribution is -0.136. The highest BCUT2D eigenvalue weighted by atomic mass is 19.3. The van der Waals surface area contributed by atoms with Gasteiger partial charge in [-0.1, -0.05) is 29.8 Å². The van der Waals surface area contributed by atoms with Gasteiger partial charge >= 0.3 is 12.6 Å². The van der Waals surface area contributed by atoms with Crippen molar-refractivity contribution < 1.29 is 37.0 Å². The quantitative estimate of drug-likeness (QED) is 0.430. The van der Waals surface area contributed by atoms with E-state index >= 15 is 0 Å². The number of aryl methyl sites for hydroxylation is 1. The minimum absolute atomic E-state index is 0.00381. The number of methoxy groups -OCH3 is 1. The van der Waals surface area contributed by atoms with Gasteiger partial charge < -0.3 is 18.6 Å². The van der Waals surface area contributed by atoms with Crippen molar-refractivity contribution in [3.63, 3.8) is 0 Å². The van der Waals surface area contributed by atoms with Crippen molar-refractivity contribution in [1.29, 1.82) is 0 Å². The number of furan rings is 1. The number of benzene rings is 2. The second-order valence-corrected chi connectivity index (χ2v) is 7.71. The van der Waals surface area contributed by atoms with Crippen LogP contribution < -0.4 is 9.47 Å². The number of nitrogens with zero attached hydrogens (tertiary/aromatic N) is 2. The summed E-state index contributed by atoms with van der Waals surface area (Å²) in [4.78, 5) is 25.5. The van der Waals surface area contributed by atoms with E-state index in [1.165, 1.54) is 30.5 Å². The summed E-state index contributed by atoms with van der Waals surface area (Å²) < 4.78 is 45.0. The smallest absolute Gasteiger partial charge is 0.387 e. The van der Waals surface area contributed by atoms with Crippen molar-refractivity contribution in [1.82, 2.24) is 5.01 Å². The molecule has 3 aromatic rings. The molecule has 2 heterocycles. The average molecular weight is 484 g/mol. The standard InChI is InChI=1S/C25H22F2N2O6/c1-15-5-7-16(8-6-15)18-13-19(20-4-3-11-33-20)29(28-18)23(30)14-34-24(31)17-9-10-21(35-25(26)27)22(12-17)32-2/h3-12,19,25H,13-14H2,1-2H3/t19-/m0/s1. The number of hydrogen-bond acceptors (Lipinski definition) is 7. The van der Waals surface area contributed by atoms with E-state index in [1.807, 2.05) is 31.2 Å². The van der Waals surface area contributed by atoms with Crippen molar-refractivity contribution in [3.05, 3.63) is 83.3 Å². The van der Waals surface area contributed by atoms with Gasteiger partial charge in [0.1, 0.15) is 11.8 Å².